The topological polar surface area (TPSA) is 77.8 Å². The lowest BCUT2D eigenvalue weighted by Gasteiger charge is -2.27. The molecular weight excluding hydrogens is 402 g/mol. The van der Waals surface area contributed by atoms with E-state index in [0.717, 1.165) is 6.16 Å². The molecule has 29 heavy (non-hydrogen) atoms. The summed E-state index contributed by atoms with van der Waals surface area (Å²) in [5.41, 5.74) is 4.02. The van der Waals surface area contributed by atoms with Crippen LogP contribution in [0.3, 0.4) is 0 Å². The Hall–Kier alpha value is -1.80. The van der Waals surface area contributed by atoms with E-state index in [0.29, 0.717) is 0 Å². The monoisotopic (exact) mass is 431 g/mol. The predicted molar refractivity (Wildman–Crippen MR) is 124 cm³/mol. The smallest absolute Gasteiger partial charge is 0.303 e. The number of aryl methyl sites for hydroxylation is 3. The van der Waals surface area contributed by atoms with Crippen LogP contribution in [-0.2, 0) is 4.57 Å². The van der Waals surface area contributed by atoms with Crippen molar-refractivity contribution in [3.63, 3.8) is 0 Å². The molecule has 0 spiro atoms. The van der Waals surface area contributed by atoms with Crippen LogP contribution >= 0.6 is 15.1 Å². The average molecular weight is 431 g/mol. The summed E-state index contributed by atoms with van der Waals surface area (Å²) in [6.45, 7) is 8.93. The minimum absolute atomic E-state index is 1.14. The van der Waals surface area contributed by atoms with Gasteiger partial charge in [0.25, 0.3) is 0 Å². The summed E-state index contributed by atoms with van der Waals surface area (Å²) in [6.07, 6.45) is 1.14. The molecule has 6 heteroatoms. The molecule has 0 atom stereocenters. The van der Waals surface area contributed by atoms with Crippen LogP contribution in [0.15, 0.2) is 72.8 Å². The lowest BCUT2D eigenvalue weighted by atomic mass is 10.2. The van der Waals surface area contributed by atoms with Crippen molar-refractivity contribution < 1.29 is 19.2 Å². The van der Waals surface area contributed by atoms with Crippen molar-refractivity contribution in [3.8, 4) is 0 Å². The fourth-order valence-electron chi connectivity index (χ4n) is 3.59. The Labute approximate surface area is 173 Å². The number of hydrogen-bond acceptors (Lipinski definition) is 1. The highest BCUT2D eigenvalue weighted by Crippen LogP contribution is 2.55. The van der Waals surface area contributed by atoms with Gasteiger partial charge in [0.2, 0.25) is 0 Å². The van der Waals surface area contributed by atoms with E-state index in [2.05, 4.69) is 100 Å². The molecule has 3 rings (SSSR count). The molecule has 0 saturated carbocycles. The Kier molecular flexibility index (Phi) is 7.94. The van der Waals surface area contributed by atoms with E-state index in [1.807, 2.05) is 0 Å². The largest absolute Gasteiger partial charge is 0.466 e. The summed E-state index contributed by atoms with van der Waals surface area (Å²) in [7, 11) is -6.25. The van der Waals surface area contributed by atoms with Gasteiger partial charge < -0.3 is 14.7 Å². The second-order valence-electron chi connectivity index (χ2n) is 7.16. The van der Waals surface area contributed by atoms with Crippen molar-refractivity contribution >= 4 is 31.0 Å². The van der Waals surface area contributed by atoms with Gasteiger partial charge in [0.05, 0.1) is 6.16 Å². The summed E-state index contributed by atoms with van der Waals surface area (Å²) in [4.78, 5) is 21.6. The molecule has 0 radical (unpaired) electrons. The van der Waals surface area contributed by atoms with Gasteiger partial charge in [-0.3, -0.25) is 0 Å². The first-order valence-electron chi connectivity index (χ1n) is 9.44. The molecule has 154 valence electrons. The van der Waals surface area contributed by atoms with Gasteiger partial charge >= 0.3 is 7.82 Å². The maximum atomic E-state index is 8.88. The van der Waals surface area contributed by atoms with E-state index in [4.69, 9.17) is 19.2 Å². The zero-order valence-corrected chi connectivity index (χ0v) is 19.1. The third kappa shape index (κ3) is 6.34. The van der Waals surface area contributed by atoms with Crippen LogP contribution < -0.4 is 15.9 Å². The van der Waals surface area contributed by atoms with Gasteiger partial charge in [-0.25, -0.2) is 4.57 Å². The summed E-state index contributed by atoms with van der Waals surface area (Å²) in [5, 5.41) is 4.46. The van der Waals surface area contributed by atoms with Gasteiger partial charge in [0.1, 0.15) is 23.2 Å². The van der Waals surface area contributed by atoms with E-state index in [-0.39, 0.29) is 0 Å². The molecule has 0 unspecified atom stereocenters. The first kappa shape index (κ1) is 23.5. The second kappa shape index (κ2) is 9.80. The predicted octanol–water partition coefficient (Wildman–Crippen LogP) is 4.00. The van der Waals surface area contributed by atoms with Gasteiger partial charge in [0.15, 0.2) is 0 Å². The summed E-state index contributed by atoms with van der Waals surface area (Å²) < 4.78 is 8.88. The van der Waals surface area contributed by atoms with Gasteiger partial charge in [-0.2, -0.15) is 0 Å². The maximum Gasteiger partial charge on any atom is 0.466 e. The zero-order chi connectivity index (χ0) is 21.7. The fourth-order valence-corrected chi connectivity index (χ4v) is 7.87. The van der Waals surface area contributed by atoms with Crippen molar-refractivity contribution in [1.29, 1.82) is 0 Å². The number of rotatable bonds is 4. The Bertz CT molecular complexity index is 892. The van der Waals surface area contributed by atoms with E-state index < -0.39 is 15.1 Å². The molecule has 0 aromatic heterocycles. The number of hydrogen-bond donors (Lipinski definition) is 3. The summed E-state index contributed by atoms with van der Waals surface area (Å²) in [5.74, 6) is 0. The molecule has 0 saturated heterocycles. The third-order valence-electron chi connectivity index (χ3n) is 4.80. The van der Waals surface area contributed by atoms with E-state index in [9.17, 15) is 0 Å². The van der Waals surface area contributed by atoms with Crippen molar-refractivity contribution in [1.82, 2.24) is 0 Å². The minimum atomic E-state index is -4.64. The van der Waals surface area contributed by atoms with E-state index in [1.165, 1.54) is 32.6 Å². The quantitative estimate of drug-likeness (QED) is 0.546. The standard InChI is InChI=1S/C23H26P.H3O4P/c1-5-24(21-12-6-9-18(2)15-21,22-13-7-10-19(3)16-22)23-14-8-11-20(4)17-23;1-5(2,3)4/h6-17H,5H2,1-4H3;(H3,1,2,3,4)/q+1;. The van der Waals surface area contributed by atoms with Crippen LogP contribution in [0.2, 0.25) is 0 Å². The minimum Gasteiger partial charge on any atom is -0.303 e. The highest BCUT2D eigenvalue weighted by atomic mass is 31.2. The van der Waals surface area contributed by atoms with E-state index in [1.54, 1.807) is 0 Å². The molecule has 0 heterocycles. The third-order valence-corrected chi connectivity index (χ3v) is 9.23. The normalized spacial score (nSPS) is 11.6. The summed E-state index contributed by atoms with van der Waals surface area (Å²) in [6, 6.07) is 27.4. The molecule has 3 aromatic carbocycles. The van der Waals surface area contributed by atoms with Crippen LogP contribution in [0.1, 0.15) is 23.6 Å². The first-order chi connectivity index (χ1) is 13.6. The van der Waals surface area contributed by atoms with Crippen molar-refractivity contribution in [2.75, 3.05) is 6.16 Å². The second-order valence-corrected chi connectivity index (χ2v) is 12.0. The fraction of sp³-hybridized carbons (Fsp3) is 0.217. The zero-order valence-electron chi connectivity index (χ0n) is 17.3. The molecule has 0 aliphatic carbocycles. The van der Waals surface area contributed by atoms with Gasteiger partial charge in [-0.1, -0.05) is 36.4 Å². The highest BCUT2D eigenvalue weighted by Gasteiger charge is 2.43. The number of benzene rings is 3. The Morgan fingerprint density at radius 2 is 0.966 bits per heavy atom. The van der Waals surface area contributed by atoms with Crippen molar-refractivity contribution in [2.45, 2.75) is 27.7 Å². The summed E-state index contributed by atoms with van der Waals surface area (Å²) >= 11 is 0. The molecule has 4 nitrogen and oxygen atoms in total. The molecule has 0 amide bonds. The molecule has 0 aliphatic heterocycles. The van der Waals surface area contributed by atoms with Crippen LogP contribution in [0.4, 0.5) is 0 Å². The van der Waals surface area contributed by atoms with Crippen molar-refractivity contribution in [3.05, 3.63) is 89.5 Å². The van der Waals surface area contributed by atoms with Crippen LogP contribution in [-0.4, -0.2) is 20.8 Å². The SMILES string of the molecule is CC[P+](c1cccc(C)c1)(c1cccc(C)c1)c1cccc(C)c1.O=P(O)(O)O. The van der Waals surface area contributed by atoms with Crippen molar-refractivity contribution in [2.24, 2.45) is 0 Å². The average Bonchev–Trinajstić information content (AvgIpc) is 2.62. The Balaban J connectivity index is 0.000000537. The Morgan fingerprint density at radius 1 is 0.690 bits per heavy atom. The van der Waals surface area contributed by atoms with Crippen LogP contribution in [0.25, 0.3) is 0 Å². The van der Waals surface area contributed by atoms with Crippen LogP contribution in [0, 0.1) is 20.8 Å². The maximum absolute atomic E-state index is 8.88. The lowest BCUT2D eigenvalue weighted by Crippen LogP contribution is -2.33. The number of phosphoric acid groups is 1. The van der Waals surface area contributed by atoms with E-state index >= 15 is 0 Å². The first-order valence-corrected chi connectivity index (χ1v) is 13.0. The van der Waals surface area contributed by atoms with Gasteiger partial charge in [-0.15, -0.1) is 0 Å². The molecular formula is C23H29O4P2+. The van der Waals surface area contributed by atoms with Gasteiger partial charge in [-0.05, 0) is 80.8 Å². The molecule has 0 bridgehead atoms. The molecule has 3 N–H and O–H groups in total. The lowest BCUT2D eigenvalue weighted by molar-refractivity contribution is 0.275. The molecule has 0 fully saturated rings. The van der Waals surface area contributed by atoms with Gasteiger partial charge in [0, 0.05) is 0 Å². The Morgan fingerprint density at radius 3 is 1.17 bits per heavy atom. The molecule has 3 aromatic rings. The highest BCUT2D eigenvalue weighted by molar-refractivity contribution is 7.95. The van der Waals surface area contributed by atoms with Crippen LogP contribution in [0.5, 0.6) is 0 Å². The molecule has 0 aliphatic rings.